The summed E-state index contributed by atoms with van der Waals surface area (Å²) in [6, 6.07) is 14.1. The maximum atomic E-state index is 12.0. The molecule has 2 N–H and O–H groups in total. The predicted molar refractivity (Wildman–Crippen MR) is 84.9 cm³/mol. The maximum Gasteiger partial charge on any atom is 0.232 e. The molecule has 0 atom stereocenters. The molecule has 0 aliphatic carbocycles. The van der Waals surface area contributed by atoms with Crippen molar-refractivity contribution in [1.29, 1.82) is 0 Å². The van der Waals surface area contributed by atoms with Crippen LogP contribution in [0.25, 0.3) is 0 Å². The Morgan fingerprint density at radius 2 is 1.81 bits per heavy atom. The van der Waals surface area contributed by atoms with E-state index in [1.807, 2.05) is 12.1 Å². The molecular formula is C15H18N2O3S. The molecular weight excluding hydrogens is 288 g/mol. The Bertz CT molecular complexity index is 712. The van der Waals surface area contributed by atoms with Gasteiger partial charge in [-0.05, 0) is 35.9 Å². The molecule has 112 valence electrons. The topological polar surface area (TPSA) is 72.6 Å². The average molecular weight is 306 g/mol. The third-order valence-electron chi connectivity index (χ3n) is 3.04. The van der Waals surface area contributed by atoms with Crippen molar-refractivity contribution in [2.24, 2.45) is 0 Å². The second kappa shape index (κ2) is 6.05. The second-order valence-corrected chi connectivity index (χ2v) is 6.62. The second-order valence-electron chi connectivity index (χ2n) is 4.71. The molecule has 0 amide bonds. The van der Waals surface area contributed by atoms with E-state index in [4.69, 9.17) is 10.5 Å². The summed E-state index contributed by atoms with van der Waals surface area (Å²) in [7, 11) is -1.81. The lowest BCUT2D eigenvalue weighted by atomic mass is 10.2. The molecule has 5 nitrogen and oxygen atoms in total. The van der Waals surface area contributed by atoms with E-state index in [1.165, 1.54) is 10.6 Å². The van der Waals surface area contributed by atoms with Crippen LogP contribution in [0.1, 0.15) is 5.56 Å². The van der Waals surface area contributed by atoms with Crippen LogP contribution < -0.4 is 14.8 Å². The molecule has 21 heavy (non-hydrogen) atoms. The van der Waals surface area contributed by atoms with Crippen molar-refractivity contribution in [3.63, 3.8) is 0 Å². The summed E-state index contributed by atoms with van der Waals surface area (Å²) in [6.45, 7) is 0.242. The number of benzene rings is 2. The monoisotopic (exact) mass is 306 g/mol. The maximum absolute atomic E-state index is 12.0. The first-order chi connectivity index (χ1) is 9.90. The zero-order valence-electron chi connectivity index (χ0n) is 12.0. The third-order valence-corrected chi connectivity index (χ3v) is 4.18. The van der Waals surface area contributed by atoms with Gasteiger partial charge < -0.3 is 10.5 Å². The summed E-state index contributed by atoms with van der Waals surface area (Å²) in [5.74, 6) is 0.730. The first kappa shape index (κ1) is 15.2. The van der Waals surface area contributed by atoms with Gasteiger partial charge in [0.2, 0.25) is 10.0 Å². The summed E-state index contributed by atoms with van der Waals surface area (Å²) in [6.07, 6.45) is 1.18. The number of hydrogen-bond acceptors (Lipinski definition) is 4. The van der Waals surface area contributed by atoms with Gasteiger partial charge in [0.15, 0.2) is 0 Å². The number of sulfonamides is 1. The largest absolute Gasteiger partial charge is 0.497 e. The molecule has 0 spiro atoms. The van der Waals surface area contributed by atoms with E-state index in [-0.39, 0.29) is 6.54 Å². The SMILES string of the molecule is COc1ccc(CN(c2cccc(N)c2)S(C)(=O)=O)cc1. The summed E-state index contributed by atoms with van der Waals surface area (Å²) in [5.41, 5.74) is 7.67. The Kier molecular flexibility index (Phi) is 4.37. The molecule has 2 aromatic rings. The van der Waals surface area contributed by atoms with E-state index in [2.05, 4.69) is 0 Å². The van der Waals surface area contributed by atoms with Crippen LogP contribution in [0.3, 0.4) is 0 Å². The first-order valence-corrected chi connectivity index (χ1v) is 8.21. The lowest BCUT2D eigenvalue weighted by Gasteiger charge is -2.23. The van der Waals surface area contributed by atoms with Crippen LogP contribution in [0.5, 0.6) is 5.75 Å². The van der Waals surface area contributed by atoms with Crippen LogP contribution in [0.4, 0.5) is 11.4 Å². The summed E-state index contributed by atoms with van der Waals surface area (Å²) >= 11 is 0. The van der Waals surface area contributed by atoms with Gasteiger partial charge in [0, 0.05) is 5.69 Å². The third kappa shape index (κ3) is 3.88. The quantitative estimate of drug-likeness (QED) is 0.860. The van der Waals surface area contributed by atoms with Gasteiger partial charge in [-0.15, -0.1) is 0 Å². The molecule has 0 aliphatic heterocycles. The number of anilines is 2. The fourth-order valence-electron chi connectivity index (χ4n) is 1.98. The minimum Gasteiger partial charge on any atom is -0.497 e. The van der Waals surface area contributed by atoms with E-state index in [0.29, 0.717) is 11.4 Å². The number of methoxy groups -OCH3 is 1. The highest BCUT2D eigenvalue weighted by Gasteiger charge is 2.18. The lowest BCUT2D eigenvalue weighted by Crippen LogP contribution is -2.29. The number of nitrogen functional groups attached to an aromatic ring is 1. The van der Waals surface area contributed by atoms with E-state index in [1.54, 1.807) is 43.5 Å². The van der Waals surface area contributed by atoms with Gasteiger partial charge in [-0.3, -0.25) is 4.31 Å². The summed E-state index contributed by atoms with van der Waals surface area (Å²) in [5, 5.41) is 0. The Labute approximate surface area is 125 Å². The van der Waals surface area contributed by atoms with Crippen LogP contribution in [0.2, 0.25) is 0 Å². The molecule has 0 bridgehead atoms. The van der Waals surface area contributed by atoms with Crippen molar-refractivity contribution >= 4 is 21.4 Å². The van der Waals surface area contributed by atoms with Crippen molar-refractivity contribution in [2.75, 3.05) is 23.4 Å². The Morgan fingerprint density at radius 1 is 1.14 bits per heavy atom. The lowest BCUT2D eigenvalue weighted by molar-refractivity contribution is 0.414. The molecule has 2 aromatic carbocycles. The minimum atomic E-state index is -3.40. The van der Waals surface area contributed by atoms with Gasteiger partial charge in [0.1, 0.15) is 5.75 Å². The summed E-state index contributed by atoms with van der Waals surface area (Å²) < 4.78 is 30.5. The van der Waals surface area contributed by atoms with Gasteiger partial charge in [0.25, 0.3) is 0 Å². The molecule has 0 saturated carbocycles. The molecule has 0 radical (unpaired) electrons. The summed E-state index contributed by atoms with van der Waals surface area (Å²) in [4.78, 5) is 0. The number of hydrogen-bond donors (Lipinski definition) is 1. The molecule has 0 heterocycles. The molecule has 0 fully saturated rings. The molecule has 0 saturated heterocycles. The van der Waals surface area contributed by atoms with E-state index in [9.17, 15) is 8.42 Å². The van der Waals surface area contributed by atoms with Crippen LogP contribution in [0, 0.1) is 0 Å². The van der Waals surface area contributed by atoms with Crippen LogP contribution in [-0.4, -0.2) is 21.8 Å². The van der Waals surface area contributed by atoms with E-state index in [0.717, 1.165) is 11.3 Å². The molecule has 0 aliphatic rings. The standard InChI is InChI=1S/C15H18N2O3S/c1-20-15-8-6-12(7-9-15)11-17(21(2,18)19)14-5-3-4-13(16)10-14/h3-10H,11,16H2,1-2H3. The minimum absolute atomic E-state index is 0.242. The fourth-order valence-corrected chi connectivity index (χ4v) is 2.86. The van der Waals surface area contributed by atoms with Gasteiger partial charge in [0.05, 0.1) is 25.6 Å². The van der Waals surface area contributed by atoms with Crippen LogP contribution in [0.15, 0.2) is 48.5 Å². The highest BCUT2D eigenvalue weighted by atomic mass is 32.2. The number of rotatable bonds is 5. The molecule has 2 rings (SSSR count). The highest BCUT2D eigenvalue weighted by molar-refractivity contribution is 7.92. The Balaban J connectivity index is 2.33. The smallest absolute Gasteiger partial charge is 0.232 e. The Hall–Kier alpha value is -2.21. The van der Waals surface area contributed by atoms with Gasteiger partial charge in [-0.1, -0.05) is 18.2 Å². The highest BCUT2D eigenvalue weighted by Crippen LogP contribution is 2.23. The van der Waals surface area contributed by atoms with Crippen molar-refractivity contribution in [3.05, 3.63) is 54.1 Å². The normalized spacial score (nSPS) is 11.1. The van der Waals surface area contributed by atoms with Gasteiger partial charge >= 0.3 is 0 Å². The van der Waals surface area contributed by atoms with Crippen LogP contribution in [-0.2, 0) is 16.6 Å². The van der Waals surface area contributed by atoms with E-state index < -0.39 is 10.0 Å². The molecule has 6 heteroatoms. The zero-order chi connectivity index (χ0) is 15.5. The van der Waals surface area contributed by atoms with Crippen molar-refractivity contribution < 1.29 is 13.2 Å². The first-order valence-electron chi connectivity index (χ1n) is 6.36. The zero-order valence-corrected chi connectivity index (χ0v) is 12.8. The van der Waals surface area contributed by atoms with Gasteiger partial charge in [-0.25, -0.2) is 8.42 Å². The van der Waals surface area contributed by atoms with Gasteiger partial charge in [-0.2, -0.15) is 0 Å². The van der Waals surface area contributed by atoms with Crippen molar-refractivity contribution in [2.45, 2.75) is 6.54 Å². The average Bonchev–Trinajstić information content (AvgIpc) is 2.44. The van der Waals surface area contributed by atoms with E-state index >= 15 is 0 Å². The van der Waals surface area contributed by atoms with Crippen molar-refractivity contribution in [3.8, 4) is 5.75 Å². The number of ether oxygens (including phenoxy) is 1. The van der Waals surface area contributed by atoms with Crippen molar-refractivity contribution in [1.82, 2.24) is 0 Å². The van der Waals surface area contributed by atoms with Crippen LogP contribution >= 0.6 is 0 Å². The number of nitrogens with zero attached hydrogens (tertiary/aromatic N) is 1. The Morgan fingerprint density at radius 3 is 2.33 bits per heavy atom. The molecule has 0 unspecified atom stereocenters. The fraction of sp³-hybridized carbons (Fsp3) is 0.200. The predicted octanol–water partition coefficient (Wildman–Crippen LogP) is 2.24. The molecule has 0 aromatic heterocycles. The number of nitrogens with two attached hydrogens (primary N) is 1.